The SMILES string of the molecule is CCC(CN)N1CCC[C@H]2CCCC[C@H]21. The molecule has 15 heavy (non-hydrogen) atoms. The van der Waals surface area contributed by atoms with Gasteiger partial charge >= 0.3 is 0 Å². The third kappa shape index (κ3) is 2.36. The maximum atomic E-state index is 5.89. The predicted octanol–water partition coefficient (Wildman–Crippen LogP) is 2.38. The number of nitrogens with zero attached hydrogens (tertiary/aromatic N) is 1. The number of piperidine rings is 1. The minimum absolute atomic E-state index is 0.649. The lowest BCUT2D eigenvalue weighted by molar-refractivity contribution is 0.0271. The van der Waals surface area contributed by atoms with Gasteiger partial charge in [-0.3, -0.25) is 4.90 Å². The second-order valence-corrected chi connectivity index (χ2v) is 5.29. The van der Waals surface area contributed by atoms with Gasteiger partial charge < -0.3 is 5.73 Å². The summed E-state index contributed by atoms with van der Waals surface area (Å²) in [6.07, 6.45) is 9.91. The lowest BCUT2D eigenvalue weighted by Gasteiger charge is -2.47. The number of hydrogen-bond acceptors (Lipinski definition) is 2. The molecule has 2 aliphatic rings. The van der Waals surface area contributed by atoms with Crippen molar-refractivity contribution in [3.05, 3.63) is 0 Å². The van der Waals surface area contributed by atoms with Gasteiger partial charge in [0.1, 0.15) is 0 Å². The molecule has 0 aromatic rings. The fourth-order valence-corrected chi connectivity index (χ4v) is 3.65. The molecule has 0 spiro atoms. The standard InChI is InChI=1S/C13H26N2/c1-2-12(10-14)15-9-5-7-11-6-3-4-8-13(11)15/h11-13H,2-10,14H2,1H3/t11-,12?,13-/m1/s1. The van der Waals surface area contributed by atoms with Gasteiger partial charge in [0.05, 0.1) is 0 Å². The molecule has 0 aromatic heterocycles. The van der Waals surface area contributed by atoms with E-state index in [4.69, 9.17) is 5.73 Å². The van der Waals surface area contributed by atoms with Crippen molar-refractivity contribution in [1.82, 2.24) is 4.90 Å². The summed E-state index contributed by atoms with van der Waals surface area (Å²) in [7, 11) is 0. The van der Waals surface area contributed by atoms with E-state index in [0.29, 0.717) is 6.04 Å². The Morgan fingerprint density at radius 2 is 1.93 bits per heavy atom. The Morgan fingerprint density at radius 3 is 2.67 bits per heavy atom. The molecule has 0 bridgehead atoms. The molecule has 2 N–H and O–H groups in total. The van der Waals surface area contributed by atoms with E-state index in [1.165, 1.54) is 51.5 Å². The van der Waals surface area contributed by atoms with Crippen LogP contribution in [0.1, 0.15) is 51.9 Å². The summed E-state index contributed by atoms with van der Waals surface area (Å²) in [5, 5.41) is 0. The van der Waals surface area contributed by atoms with Crippen LogP contribution >= 0.6 is 0 Å². The van der Waals surface area contributed by atoms with Crippen LogP contribution in [0.5, 0.6) is 0 Å². The number of rotatable bonds is 3. The van der Waals surface area contributed by atoms with Crippen molar-refractivity contribution >= 4 is 0 Å². The highest BCUT2D eigenvalue weighted by molar-refractivity contribution is 4.90. The van der Waals surface area contributed by atoms with E-state index < -0.39 is 0 Å². The number of fused-ring (bicyclic) bond motifs is 1. The zero-order valence-corrected chi connectivity index (χ0v) is 10.1. The number of hydrogen-bond donors (Lipinski definition) is 1. The molecular formula is C13H26N2. The van der Waals surface area contributed by atoms with Gasteiger partial charge in [0.15, 0.2) is 0 Å². The Kier molecular flexibility index (Phi) is 4.04. The monoisotopic (exact) mass is 210 g/mol. The van der Waals surface area contributed by atoms with Crippen molar-refractivity contribution in [2.75, 3.05) is 13.1 Å². The van der Waals surface area contributed by atoms with Crippen LogP contribution < -0.4 is 5.73 Å². The Labute approximate surface area is 94.2 Å². The molecule has 1 aliphatic carbocycles. The van der Waals surface area contributed by atoms with Crippen LogP contribution in [-0.4, -0.2) is 30.1 Å². The Bertz CT molecular complexity index is 187. The quantitative estimate of drug-likeness (QED) is 0.775. The molecule has 2 rings (SSSR count). The van der Waals surface area contributed by atoms with Crippen molar-refractivity contribution in [1.29, 1.82) is 0 Å². The molecule has 2 nitrogen and oxygen atoms in total. The molecule has 1 saturated heterocycles. The van der Waals surface area contributed by atoms with E-state index in [2.05, 4.69) is 11.8 Å². The molecule has 1 aliphatic heterocycles. The van der Waals surface area contributed by atoms with E-state index in [1.54, 1.807) is 0 Å². The largest absolute Gasteiger partial charge is 0.329 e. The van der Waals surface area contributed by atoms with Crippen LogP contribution in [0.2, 0.25) is 0 Å². The summed E-state index contributed by atoms with van der Waals surface area (Å²) in [5.41, 5.74) is 5.89. The van der Waals surface area contributed by atoms with E-state index in [0.717, 1.165) is 18.5 Å². The molecule has 1 heterocycles. The lowest BCUT2D eigenvalue weighted by Crippen LogP contribution is -2.53. The Balaban J connectivity index is 2.02. The first-order valence-electron chi connectivity index (χ1n) is 6.82. The van der Waals surface area contributed by atoms with Crippen molar-refractivity contribution in [3.63, 3.8) is 0 Å². The van der Waals surface area contributed by atoms with Crippen molar-refractivity contribution < 1.29 is 0 Å². The van der Waals surface area contributed by atoms with Crippen LogP contribution in [0.15, 0.2) is 0 Å². The third-order valence-corrected chi connectivity index (χ3v) is 4.50. The lowest BCUT2D eigenvalue weighted by atomic mass is 9.77. The summed E-state index contributed by atoms with van der Waals surface area (Å²) < 4.78 is 0. The maximum absolute atomic E-state index is 5.89. The zero-order chi connectivity index (χ0) is 10.7. The minimum Gasteiger partial charge on any atom is -0.329 e. The molecule has 0 aromatic carbocycles. The fraction of sp³-hybridized carbons (Fsp3) is 1.00. The van der Waals surface area contributed by atoms with Crippen LogP contribution in [0.3, 0.4) is 0 Å². The fourth-order valence-electron chi connectivity index (χ4n) is 3.65. The van der Waals surface area contributed by atoms with Gasteiger partial charge in [0.2, 0.25) is 0 Å². The van der Waals surface area contributed by atoms with Crippen LogP contribution in [0.4, 0.5) is 0 Å². The first-order valence-corrected chi connectivity index (χ1v) is 6.82. The summed E-state index contributed by atoms with van der Waals surface area (Å²) in [5.74, 6) is 0.994. The van der Waals surface area contributed by atoms with E-state index in [-0.39, 0.29) is 0 Å². The molecule has 1 saturated carbocycles. The molecule has 2 heteroatoms. The van der Waals surface area contributed by atoms with Gasteiger partial charge in [-0.25, -0.2) is 0 Å². The van der Waals surface area contributed by atoms with E-state index in [1.807, 2.05) is 0 Å². The Morgan fingerprint density at radius 1 is 1.20 bits per heavy atom. The van der Waals surface area contributed by atoms with Crippen LogP contribution in [0, 0.1) is 5.92 Å². The smallest absolute Gasteiger partial charge is 0.0218 e. The molecule has 0 radical (unpaired) electrons. The first kappa shape index (κ1) is 11.4. The Hall–Kier alpha value is -0.0800. The molecule has 3 atom stereocenters. The van der Waals surface area contributed by atoms with Gasteiger partial charge in [0, 0.05) is 18.6 Å². The van der Waals surface area contributed by atoms with Gasteiger partial charge in [-0.15, -0.1) is 0 Å². The van der Waals surface area contributed by atoms with Crippen molar-refractivity contribution in [2.24, 2.45) is 11.7 Å². The summed E-state index contributed by atoms with van der Waals surface area (Å²) in [4.78, 5) is 2.74. The maximum Gasteiger partial charge on any atom is 0.0218 e. The number of likely N-dealkylation sites (tertiary alicyclic amines) is 1. The highest BCUT2D eigenvalue weighted by atomic mass is 15.2. The first-order chi connectivity index (χ1) is 7.36. The average molecular weight is 210 g/mol. The van der Waals surface area contributed by atoms with Crippen molar-refractivity contribution in [2.45, 2.75) is 64.0 Å². The third-order valence-electron chi connectivity index (χ3n) is 4.50. The molecule has 0 amide bonds. The summed E-state index contributed by atoms with van der Waals surface area (Å²) in [6, 6.07) is 1.52. The number of nitrogens with two attached hydrogens (primary N) is 1. The molecule has 88 valence electrons. The van der Waals surface area contributed by atoms with Crippen LogP contribution in [-0.2, 0) is 0 Å². The highest BCUT2D eigenvalue weighted by Crippen LogP contribution is 2.36. The second kappa shape index (κ2) is 5.31. The molecular weight excluding hydrogens is 184 g/mol. The molecule has 1 unspecified atom stereocenters. The van der Waals surface area contributed by atoms with Gasteiger partial charge in [-0.05, 0) is 44.6 Å². The van der Waals surface area contributed by atoms with Crippen molar-refractivity contribution in [3.8, 4) is 0 Å². The predicted molar refractivity (Wildman–Crippen MR) is 64.8 cm³/mol. The average Bonchev–Trinajstić information content (AvgIpc) is 2.31. The minimum atomic E-state index is 0.649. The highest BCUT2D eigenvalue weighted by Gasteiger charge is 2.35. The summed E-state index contributed by atoms with van der Waals surface area (Å²) in [6.45, 7) is 4.43. The van der Waals surface area contributed by atoms with Gasteiger partial charge in [-0.2, -0.15) is 0 Å². The molecule has 2 fully saturated rings. The summed E-state index contributed by atoms with van der Waals surface area (Å²) >= 11 is 0. The topological polar surface area (TPSA) is 29.3 Å². The van der Waals surface area contributed by atoms with E-state index in [9.17, 15) is 0 Å². The van der Waals surface area contributed by atoms with Gasteiger partial charge in [0.25, 0.3) is 0 Å². The second-order valence-electron chi connectivity index (χ2n) is 5.29. The zero-order valence-electron chi connectivity index (χ0n) is 10.1. The van der Waals surface area contributed by atoms with Crippen LogP contribution in [0.25, 0.3) is 0 Å². The van der Waals surface area contributed by atoms with Gasteiger partial charge in [-0.1, -0.05) is 19.8 Å². The normalized spacial score (nSPS) is 34.8. The van der Waals surface area contributed by atoms with E-state index >= 15 is 0 Å².